The Labute approximate surface area is 184 Å². The molecule has 0 unspecified atom stereocenters. The lowest BCUT2D eigenvalue weighted by Gasteiger charge is -2.27. The summed E-state index contributed by atoms with van der Waals surface area (Å²) in [5.41, 5.74) is 8.32. The van der Waals surface area contributed by atoms with Crippen molar-refractivity contribution in [3.8, 4) is 5.75 Å². The molecule has 0 bridgehead atoms. The predicted octanol–water partition coefficient (Wildman–Crippen LogP) is 4.96. The van der Waals surface area contributed by atoms with Crippen molar-refractivity contribution in [2.45, 2.75) is 61.3 Å². The molecule has 0 radical (unpaired) electrons. The fourth-order valence-electron chi connectivity index (χ4n) is 4.93. The van der Waals surface area contributed by atoms with Gasteiger partial charge in [0.25, 0.3) is 0 Å². The van der Waals surface area contributed by atoms with E-state index in [2.05, 4.69) is 97.0 Å². The molecule has 0 aromatic heterocycles. The zero-order valence-electron chi connectivity index (χ0n) is 19.7. The Bertz CT molecular complexity index is 931. The molecule has 0 spiro atoms. The summed E-state index contributed by atoms with van der Waals surface area (Å²) in [7, 11) is -1.72. The minimum Gasteiger partial charge on any atom is -0.494 e. The van der Waals surface area contributed by atoms with Crippen molar-refractivity contribution in [3.63, 3.8) is 0 Å². The van der Waals surface area contributed by atoms with Crippen LogP contribution in [0.5, 0.6) is 5.75 Å². The normalized spacial score (nSPS) is 11.2. The zero-order valence-corrected chi connectivity index (χ0v) is 20.9. The van der Waals surface area contributed by atoms with E-state index in [9.17, 15) is 0 Å². The third kappa shape index (κ3) is 4.70. The number of rotatable bonds is 7. The minimum absolute atomic E-state index is 0.784. The average molecular weight is 417 g/mol. The fourth-order valence-corrected chi connectivity index (χ4v) is 8.76. The second-order valence-corrected chi connectivity index (χ2v) is 11.4. The SMILES string of the molecule is CCCCOc1ccccc1[SiH](c1c(C)cc(C)cc1C)c1c(C)cc(C)cc1C. The minimum atomic E-state index is -1.72. The van der Waals surface area contributed by atoms with E-state index < -0.39 is 8.80 Å². The number of hydrogen-bond acceptors (Lipinski definition) is 1. The Kier molecular flexibility index (Phi) is 7.20. The molecule has 3 aromatic carbocycles. The van der Waals surface area contributed by atoms with Gasteiger partial charge in [-0.15, -0.1) is 0 Å². The van der Waals surface area contributed by atoms with E-state index in [0.717, 1.165) is 25.2 Å². The van der Waals surface area contributed by atoms with E-state index in [1.54, 1.807) is 10.4 Å². The van der Waals surface area contributed by atoms with Crippen LogP contribution in [-0.4, -0.2) is 15.4 Å². The molecule has 1 nitrogen and oxygen atoms in total. The smallest absolute Gasteiger partial charge is 0.139 e. The summed E-state index contributed by atoms with van der Waals surface area (Å²) in [6.45, 7) is 16.5. The lowest BCUT2D eigenvalue weighted by atomic mass is 10.1. The van der Waals surface area contributed by atoms with Gasteiger partial charge in [0.15, 0.2) is 0 Å². The lowest BCUT2D eigenvalue weighted by Crippen LogP contribution is -2.56. The van der Waals surface area contributed by atoms with Crippen LogP contribution >= 0.6 is 0 Å². The van der Waals surface area contributed by atoms with Crippen LogP contribution in [0.4, 0.5) is 0 Å². The molecule has 0 heterocycles. The van der Waals surface area contributed by atoms with Gasteiger partial charge in [0.2, 0.25) is 0 Å². The quantitative estimate of drug-likeness (QED) is 0.300. The van der Waals surface area contributed by atoms with Crippen molar-refractivity contribution in [3.05, 3.63) is 81.9 Å². The Hall–Kier alpha value is -2.32. The molecule has 0 saturated heterocycles. The van der Waals surface area contributed by atoms with Gasteiger partial charge in [-0.05, 0) is 69.6 Å². The third-order valence-corrected chi connectivity index (χ3v) is 10.1. The maximum absolute atomic E-state index is 6.34. The van der Waals surface area contributed by atoms with Gasteiger partial charge in [-0.2, -0.15) is 0 Å². The molecule has 0 saturated carbocycles. The fraction of sp³-hybridized carbons (Fsp3) is 0.357. The monoisotopic (exact) mass is 416 g/mol. The Balaban J connectivity index is 2.29. The standard InChI is InChI=1S/C28H36OSi/c1-8-9-14-29-25-12-10-11-13-26(25)30(27-21(4)15-19(2)16-22(27)5)28-23(6)17-20(3)18-24(28)7/h10-13,15-18,30H,8-9,14H2,1-7H3. The summed E-state index contributed by atoms with van der Waals surface area (Å²) in [6.07, 6.45) is 2.24. The molecule has 0 N–H and O–H groups in total. The van der Waals surface area contributed by atoms with Crippen LogP contribution < -0.4 is 20.3 Å². The second-order valence-electron chi connectivity index (χ2n) is 8.80. The van der Waals surface area contributed by atoms with Crippen LogP contribution in [0.3, 0.4) is 0 Å². The van der Waals surface area contributed by atoms with Crippen molar-refractivity contribution in [2.75, 3.05) is 6.61 Å². The Morgan fingerprint density at radius 2 is 1.17 bits per heavy atom. The molecule has 30 heavy (non-hydrogen) atoms. The summed E-state index contributed by atoms with van der Waals surface area (Å²) >= 11 is 0. The van der Waals surface area contributed by atoms with Gasteiger partial charge in [-0.25, -0.2) is 0 Å². The maximum Gasteiger partial charge on any atom is 0.139 e. The van der Waals surface area contributed by atoms with Gasteiger partial charge in [0, 0.05) is 0 Å². The van der Waals surface area contributed by atoms with Gasteiger partial charge in [0.1, 0.15) is 14.5 Å². The summed E-state index contributed by atoms with van der Waals surface area (Å²) in [6, 6.07) is 18.2. The van der Waals surface area contributed by atoms with Crippen LogP contribution in [0, 0.1) is 41.5 Å². The van der Waals surface area contributed by atoms with Gasteiger partial charge in [-0.1, -0.05) is 89.2 Å². The molecule has 158 valence electrons. The van der Waals surface area contributed by atoms with Crippen molar-refractivity contribution < 1.29 is 4.74 Å². The van der Waals surface area contributed by atoms with Crippen LogP contribution in [0.15, 0.2) is 48.5 Å². The largest absolute Gasteiger partial charge is 0.494 e. The highest BCUT2D eigenvalue weighted by Gasteiger charge is 2.28. The zero-order chi connectivity index (χ0) is 21.8. The first-order valence-corrected chi connectivity index (χ1v) is 12.9. The van der Waals surface area contributed by atoms with Crippen LogP contribution in [0.2, 0.25) is 0 Å². The first-order chi connectivity index (χ1) is 14.3. The number of benzene rings is 3. The van der Waals surface area contributed by atoms with Gasteiger partial charge in [0.05, 0.1) is 6.61 Å². The molecule has 3 rings (SSSR count). The topological polar surface area (TPSA) is 9.23 Å². The third-order valence-electron chi connectivity index (χ3n) is 6.04. The second kappa shape index (κ2) is 9.66. The number of para-hydroxylation sites is 1. The molecule has 0 aliphatic heterocycles. The van der Waals surface area contributed by atoms with Crippen LogP contribution in [0.25, 0.3) is 0 Å². The van der Waals surface area contributed by atoms with E-state index in [1.165, 1.54) is 38.6 Å². The molecular weight excluding hydrogens is 380 g/mol. The van der Waals surface area contributed by atoms with E-state index in [4.69, 9.17) is 4.74 Å². The van der Waals surface area contributed by atoms with Crippen LogP contribution in [-0.2, 0) is 0 Å². The molecule has 0 atom stereocenters. The first kappa shape index (κ1) is 22.4. The first-order valence-electron chi connectivity index (χ1n) is 11.2. The van der Waals surface area contributed by atoms with Crippen molar-refractivity contribution in [1.29, 1.82) is 0 Å². The predicted molar refractivity (Wildman–Crippen MR) is 134 cm³/mol. The molecule has 0 fully saturated rings. The Morgan fingerprint density at radius 1 is 0.700 bits per heavy atom. The average Bonchev–Trinajstić information content (AvgIpc) is 2.66. The summed E-state index contributed by atoms with van der Waals surface area (Å²) in [5, 5.41) is 4.49. The molecule has 0 aliphatic carbocycles. The molecular formula is C28H36OSi. The van der Waals surface area contributed by atoms with Crippen LogP contribution in [0.1, 0.15) is 53.1 Å². The number of aryl methyl sites for hydroxylation is 6. The lowest BCUT2D eigenvalue weighted by molar-refractivity contribution is 0.312. The summed E-state index contributed by atoms with van der Waals surface area (Å²) in [4.78, 5) is 0. The summed E-state index contributed by atoms with van der Waals surface area (Å²) < 4.78 is 6.34. The summed E-state index contributed by atoms with van der Waals surface area (Å²) in [5.74, 6) is 1.07. The highest BCUT2D eigenvalue weighted by Crippen LogP contribution is 2.16. The Morgan fingerprint density at radius 3 is 1.63 bits per heavy atom. The highest BCUT2D eigenvalue weighted by molar-refractivity contribution is 6.97. The van der Waals surface area contributed by atoms with Gasteiger partial charge < -0.3 is 4.74 Å². The van der Waals surface area contributed by atoms with E-state index in [0.29, 0.717) is 0 Å². The number of unbranched alkanes of at least 4 members (excludes halogenated alkanes) is 1. The number of hydrogen-bond donors (Lipinski definition) is 0. The van der Waals surface area contributed by atoms with Gasteiger partial charge in [-0.3, -0.25) is 0 Å². The van der Waals surface area contributed by atoms with Crippen molar-refractivity contribution >= 4 is 24.4 Å². The van der Waals surface area contributed by atoms with E-state index in [1.807, 2.05) is 0 Å². The highest BCUT2D eigenvalue weighted by atomic mass is 28.3. The van der Waals surface area contributed by atoms with Crippen molar-refractivity contribution in [2.24, 2.45) is 0 Å². The molecule has 0 aliphatic rings. The van der Waals surface area contributed by atoms with Gasteiger partial charge >= 0.3 is 0 Å². The molecule has 2 heteroatoms. The molecule has 0 amide bonds. The van der Waals surface area contributed by atoms with E-state index in [-0.39, 0.29) is 0 Å². The van der Waals surface area contributed by atoms with E-state index >= 15 is 0 Å². The van der Waals surface area contributed by atoms with Crippen molar-refractivity contribution in [1.82, 2.24) is 0 Å². The maximum atomic E-state index is 6.34. The molecule has 3 aromatic rings. The number of ether oxygens (including phenoxy) is 1.